The van der Waals surface area contributed by atoms with E-state index in [2.05, 4.69) is 43.3 Å². The number of benzene rings is 4. The number of aryl methyl sites for hydroxylation is 2. The molecule has 0 aliphatic rings. The van der Waals surface area contributed by atoms with Crippen molar-refractivity contribution in [2.45, 2.75) is 6.92 Å². The van der Waals surface area contributed by atoms with Crippen molar-refractivity contribution >= 4 is 43.8 Å². The number of hydrogen-bond donors (Lipinski definition) is 0. The normalized spacial score (nSPS) is 11.6. The molecule has 0 saturated heterocycles. The van der Waals surface area contributed by atoms with E-state index in [1.54, 1.807) is 0 Å². The molecule has 30 heavy (non-hydrogen) atoms. The van der Waals surface area contributed by atoms with Gasteiger partial charge in [0, 0.05) is 16.8 Å². The van der Waals surface area contributed by atoms with Crippen molar-refractivity contribution in [1.29, 1.82) is 5.26 Å². The van der Waals surface area contributed by atoms with Gasteiger partial charge in [-0.3, -0.25) is 0 Å². The lowest BCUT2D eigenvalue weighted by Gasteiger charge is -1.97. The molecule has 0 aliphatic heterocycles. The summed E-state index contributed by atoms with van der Waals surface area (Å²) >= 11 is 0. The Bertz CT molecular complexity index is 1680. The molecular weight excluding hydrogens is 372 g/mol. The average molecular weight is 389 g/mol. The molecule has 0 atom stereocenters. The van der Waals surface area contributed by atoms with Crippen LogP contribution in [0.15, 0.2) is 75.6 Å². The van der Waals surface area contributed by atoms with Crippen LogP contribution in [-0.2, 0) is 7.05 Å². The first-order valence-electron chi connectivity index (χ1n) is 9.83. The molecule has 0 bridgehead atoms. The van der Waals surface area contributed by atoms with Gasteiger partial charge in [-0.05, 0) is 30.0 Å². The van der Waals surface area contributed by atoms with Crippen LogP contribution in [0.5, 0.6) is 0 Å². The van der Waals surface area contributed by atoms with Crippen LogP contribution in [0.2, 0.25) is 0 Å². The first-order valence-corrected chi connectivity index (χ1v) is 9.83. The number of fused-ring (bicyclic) bond motifs is 7. The molecule has 4 heteroatoms. The monoisotopic (exact) mass is 389 g/mol. The highest BCUT2D eigenvalue weighted by molar-refractivity contribution is 6.22. The molecule has 4 aromatic carbocycles. The van der Waals surface area contributed by atoms with Gasteiger partial charge in [0.15, 0.2) is 5.58 Å². The predicted octanol–water partition coefficient (Wildman–Crippen LogP) is 6.16. The van der Waals surface area contributed by atoms with Crippen molar-refractivity contribution in [3.63, 3.8) is 0 Å². The van der Waals surface area contributed by atoms with Gasteiger partial charge in [0.2, 0.25) is 5.58 Å². The van der Waals surface area contributed by atoms with Crippen LogP contribution >= 0.6 is 0 Å². The number of nitriles is 1. The lowest BCUT2D eigenvalue weighted by Crippen LogP contribution is -2.28. The predicted molar refractivity (Wildman–Crippen MR) is 117 cm³/mol. The smallest absolute Gasteiger partial charge is 0.381 e. The molecule has 0 spiro atoms. The molecule has 0 amide bonds. The van der Waals surface area contributed by atoms with Gasteiger partial charge >= 0.3 is 5.89 Å². The van der Waals surface area contributed by atoms with Crippen LogP contribution in [0.1, 0.15) is 11.1 Å². The number of oxazole rings is 1. The number of nitrogens with zero attached hydrogens (tertiary/aromatic N) is 2. The third-order valence-electron chi connectivity index (χ3n) is 5.93. The van der Waals surface area contributed by atoms with Gasteiger partial charge < -0.3 is 8.83 Å². The molecule has 2 aromatic heterocycles. The Kier molecular flexibility index (Phi) is 3.33. The second-order valence-electron chi connectivity index (χ2n) is 7.63. The summed E-state index contributed by atoms with van der Waals surface area (Å²) in [6.45, 7) is 2.07. The zero-order valence-corrected chi connectivity index (χ0v) is 16.6. The Morgan fingerprint density at radius 2 is 1.63 bits per heavy atom. The highest BCUT2D eigenvalue weighted by atomic mass is 16.4. The molecule has 2 heterocycles. The van der Waals surface area contributed by atoms with E-state index in [4.69, 9.17) is 8.83 Å². The van der Waals surface area contributed by atoms with Crippen LogP contribution < -0.4 is 4.57 Å². The van der Waals surface area contributed by atoms with E-state index in [0.717, 1.165) is 55.2 Å². The van der Waals surface area contributed by atoms with Crippen LogP contribution in [-0.4, -0.2) is 0 Å². The minimum absolute atomic E-state index is 0.505. The fraction of sp³-hybridized carbons (Fsp3) is 0.0769. The number of aromatic nitrogens is 1. The summed E-state index contributed by atoms with van der Waals surface area (Å²) in [5.41, 5.74) is 5.62. The molecule has 0 saturated carbocycles. The zero-order valence-electron chi connectivity index (χ0n) is 16.6. The van der Waals surface area contributed by atoms with E-state index in [9.17, 15) is 5.26 Å². The van der Waals surface area contributed by atoms with Crippen LogP contribution in [0.3, 0.4) is 0 Å². The fourth-order valence-corrected chi connectivity index (χ4v) is 4.39. The Labute approximate surface area is 172 Å². The SMILES string of the molecule is Cc1ccccc1-c1oc2c3c(oc4c5ccccc5ccc43)c(C#N)cc2[n+]1C. The van der Waals surface area contributed by atoms with E-state index in [1.165, 1.54) is 0 Å². The van der Waals surface area contributed by atoms with Gasteiger partial charge in [0.05, 0.1) is 10.9 Å². The highest BCUT2D eigenvalue weighted by Gasteiger charge is 2.28. The zero-order chi connectivity index (χ0) is 20.4. The second kappa shape index (κ2) is 5.95. The second-order valence-corrected chi connectivity index (χ2v) is 7.63. The van der Waals surface area contributed by atoms with Crippen LogP contribution in [0.25, 0.3) is 55.3 Å². The molecular formula is C26H17N2O2+. The van der Waals surface area contributed by atoms with Crippen LogP contribution in [0, 0.1) is 18.3 Å². The Balaban J connectivity index is 1.82. The average Bonchev–Trinajstić information content (AvgIpc) is 3.32. The quantitative estimate of drug-likeness (QED) is 0.317. The Hall–Kier alpha value is -4.10. The molecule has 4 nitrogen and oxygen atoms in total. The Morgan fingerprint density at radius 3 is 2.47 bits per heavy atom. The van der Waals surface area contributed by atoms with Gasteiger partial charge in [-0.25, -0.2) is 0 Å². The highest BCUT2D eigenvalue weighted by Crippen LogP contribution is 2.40. The minimum atomic E-state index is 0.505. The molecule has 0 aliphatic carbocycles. The topological polar surface area (TPSA) is 54.0 Å². The minimum Gasteiger partial charge on any atom is -0.454 e. The molecule has 6 aromatic rings. The summed E-state index contributed by atoms with van der Waals surface area (Å²) in [6.07, 6.45) is 0. The molecule has 142 valence electrons. The lowest BCUT2D eigenvalue weighted by atomic mass is 10.0. The largest absolute Gasteiger partial charge is 0.454 e. The summed E-state index contributed by atoms with van der Waals surface area (Å²) in [7, 11) is 1.97. The maximum Gasteiger partial charge on any atom is 0.381 e. The van der Waals surface area contributed by atoms with Crippen LogP contribution in [0.4, 0.5) is 0 Å². The van der Waals surface area contributed by atoms with E-state index < -0.39 is 0 Å². The van der Waals surface area contributed by atoms with Crippen molar-refractivity contribution in [2.24, 2.45) is 7.05 Å². The van der Waals surface area contributed by atoms with E-state index >= 15 is 0 Å². The van der Waals surface area contributed by atoms with E-state index in [-0.39, 0.29) is 0 Å². The molecule has 0 unspecified atom stereocenters. The summed E-state index contributed by atoms with van der Waals surface area (Å²) in [5, 5.41) is 13.8. The first-order chi connectivity index (χ1) is 14.7. The maximum atomic E-state index is 9.84. The fourth-order valence-electron chi connectivity index (χ4n) is 4.39. The number of furan rings is 1. The van der Waals surface area contributed by atoms with Crippen molar-refractivity contribution in [1.82, 2.24) is 0 Å². The maximum absolute atomic E-state index is 9.84. The first kappa shape index (κ1) is 16.8. The Morgan fingerprint density at radius 1 is 0.833 bits per heavy atom. The molecule has 0 radical (unpaired) electrons. The van der Waals surface area contributed by atoms with Gasteiger partial charge in [-0.15, -0.1) is 0 Å². The number of rotatable bonds is 1. The standard InChI is InChI=1S/C26H17N2O2/c1-15-7-3-5-9-18(15)26-28(2)21-13-17(14-27)23-22(25(21)30-26)20-12-11-16-8-4-6-10-19(16)24(20)29-23/h3-13H,1-2H3/q+1. The van der Waals surface area contributed by atoms with Gasteiger partial charge in [-0.2, -0.15) is 9.83 Å². The van der Waals surface area contributed by atoms with E-state index in [0.29, 0.717) is 11.1 Å². The van der Waals surface area contributed by atoms with Gasteiger partial charge in [0.25, 0.3) is 5.52 Å². The van der Waals surface area contributed by atoms with Crippen molar-refractivity contribution in [3.8, 4) is 17.5 Å². The molecule has 0 fully saturated rings. The van der Waals surface area contributed by atoms with Crippen molar-refractivity contribution < 1.29 is 13.4 Å². The summed E-state index contributed by atoms with van der Waals surface area (Å²) in [5.74, 6) is 0.759. The van der Waals surface area contributed by atoms with Gasteiger partial charge in [0.1, 0.15) is 24.3 Å². The lowest BCUT2D eigenvalue weighted by molar-refractivity contribution is -0.637. The third-order valence-corrected chi connectivity index (χ3v) is 5.93. The van der Waals surface area contributed by atoms with E-state index in [1.807, 2.05) is 48.0 Å². The summed E-state index contributed by atoms with van der Waals surface area (Å²) < 4.78 is 14.7. The van der Waals surface area contributed by atoms with Gasteiger partial charge in [-0.1, -0.05) is 48.5 Å². The number of hydrogen-bond acceptors (Lipinski definition) is 3. The molecule has 0 N–H and O–H groups in total. The summed E-state index contributed by atoms with van der Waals surface area (Å²) in [4.78, 5) is 0. The molecule has 6 rings (SSSR count). The summed E-state index contributed by atoms with van der Waals surface area (Å²) in [6, 6.07) is 24.6. The third kappa shape index (κ3) is 2.12. The van der Waals surface area contributed by atoms with Crippen molar-refractivity contribution in [3.05, 3.63) is 77.9 Å². The van der Waals surface area contributed by atoms with Crippen molar-refractivity contribution in [2.75, 3.05) is 0 Å².